The van der Waals surface area contributed by atoms with E-state index in [1.807, 2.05) is 25.1 Å². The molecular formula is C38H50O7. The highest BCUT2D eigenvalue weighted by atomic mass is 16.6. The Hall–Kier alpha value is -3.23. The van der Waals surface area contributed by atoms with Gasteiger partial charge in [-0.1, -0.05) is 84.0 Å². The number of esters is 1. The molecule has 0 atom stereocenters. The Labute approximate surface area is 269 Å². The first kappa shape index (κ1) is 34.6. The molecule has 0 bridgehead atoms. The van der Waals surface area contributed by atoms with Crippen LogP contribution in [0.3, 0.4) is 0 Å². The van der Waals surface area contributed by atoms with Gasteiger partial charge in [0.2, 0.25) is 0 Å². The fourth-order valence-electron chi connectivity index (χ4n) is 5.80. The van der Waals surface area contributed by atoms with Crippen molar-refractivity contribution in [1.82, 2.24) is 0 Å². The van der Waals surface area contributed by atoms with Crippen LogP contribution in [0, 0.1) is 0 Å². The summed E-state index contributed by atoms with van der Waals surface area (Å²) >= 11 is 0. The smallest absolute Gasteiger partial charge is 0.341 e. The highest BCUT2D eigenvalue weighted by Gasteiger charge is 2.47. The van der Waals surface area contributed by atoms with Crippen LogP contribution in [0.2, 0.25) is 0 Å². The molecule has 4 rings (SSSR count). The van der Waals surface area contributed by atoms with Crippen molar-refractivity contribution in [2.75, 3.05) is 60.5 Å². The molecule has 3 aromatic carbocycles. The minimum Gasteiger partial charge on any atom is -0.490 e. The summed E-state index contributed by atoms with van der Waals surface area (Å²) in [5.41, 5.74) is 6.96. The van der Waals surface area contributed by atoms with Crippen LogP contribution in [0.5, 0.6) is 5.75 Å². The van der Waals surface area contributed by atoms with E-state index in [1.54, 1.807) is 7.11 Å². The van der Waals surface area contributed by atoms with Crippen molar-refractivity contribution in [1.29, 1.82) is 0 Å². The Kier molecular flexibility index (Phi) is 11.1. The van der Waals surface area contributed by atoms with E-state index in [9.17, 15) is 4.79 Å². The third kappa shape index (κ3) is 7.44. The Morgan fingerprint density at radius 2 is 1.22 bits per heavy atom. The maximum atomic E-state index is 13.2. The van der Waals surface area contributed by atoms with Crippen molar-refractivity contribution in [3.05, 3.63) is 88.0 Å². The number of carbonyl (C=O) groups excluding carboxylic acids is 1. The molecule has 0 unspecified atom stereocenters. The fraction of sp³-hybridized carbons (Fsp3) is 0.500. The van der Waals surface area contributed by atoms with Crippen LogP contribution in [-0.2, 0) is 40.1 Å². The van der Waals surface area contributed by atoms with Gasteiger partial charge in [-0.15, -0.1) is 0 Å². The van der Waals surface area contributed by atoms with Crippen LogP contribution in [-0.4, -0.2) is 66.4 Å². The van der Waals surface area contributed by atoms with Crippen LogP contribution in [0.15, 0.2) is 54.6 Å². The molecule has 0 radical (unpaired) electrons. The van der Waals surface area contributed by atoms with E-state index in [-0.39, 0.29) is 17.4 Å². The Morgan fingerprint density at radius 3 is 1.71 bits per heavy atom. The second kappa shape index (κ2) is 14.5. The SMILES string of the molecule is CCOC1(c2ccc(OCCOCCOCCOC)c(C(=O)OC)c2)c2cc(C(C)(C)C)ccc2-c2ccc(C(C)(C)C)cc21. The van der Waals surface area contributed by atoms with Gasteiger partial charge in [0.05, 0.1) is 40.1 Å². The quantitative estimate of drug-likeness (QED) is 0.137. The van der Waals surface area contributed by atoms with Gasteiger partial charge in [0, 0.05) is 24.8 Å². The molecule has 7 heteroatoms. The summed E-state index contributed by atoms with van der Waals surface area (Å²) in [5, 5.41) is 0. The average Bonchev–Trinajstić information content (AvgIpc) is 3.28. The van der Waals surface area contributed by atoms with Crippen LogP contribution in [0.25, 0.3) is 11.1 Å². The lowest BCUT2D eigenvalue weighted by atomic mass is 9.78. The summed E-state index contributed by atoms with van der Waals surface area (Å²) < 4.78 is 34.2. The number of hydrogen-bond acceptors (Lipinski definition) is 7. The molecule has 3 aromatic rings. The number of fused-ring (bicyclic) bond motifs is 3. The molecule has 0 saturated heterocycles. The van der Waals surface area contributed by atoms with Gasteiger partial charge in [-0.05, 0) is 57.7 Å². The lowest BCUT2D eigenvalue weighted by Gasteiger charge is -2.34. The molecule has 0 aromatic heterocycles. The third-order valence-electron chi connectivity index (χ3n) is 8.26. The number of methoxy groups -OCH3 is 2. The fourth-order valence-corrected chi connectivity index (χ4v) is 5.80. The maximum Gasteiger partial charge on any atom is 0.341 e. The van der Waals surface area contributed by atoms with Gasteiger partial charge in [-0.2, -0.15) is 0 Å². The van der Waals surface area contributed by atoms with Crippen LogP contribution >= 0.6 is 0 Å². The van der Waals surface area contributed by atoms with E-state index in [4.69, 9.17) is 28.4 Å². The summed E-state index contributed by atoms with van der Waals surface area (Å²) in [4.78, 5) is 13.2. The van der Waals surface area contributed by atoms with Crippen LogP contribution in [0.1, 0.15) is 86.6 Å². The number of benzene rings is 3. The predicted molar refractivity (Wildman–Crippen MR) is 178 cm³/mol. The van der Waals surface area contributed by atoms with Gasteiger partial charge in [0.15, 0.2) is 0 Å². The van der Waals surface area contributed by atoms with Crippen molar-refractivity contribution < 1.29 is 33.2 Å². The molecular weight excluding hydrogens is 568 g/mol. The lowest BCUT2D eigenvalue weighted by Crippen LogP contribution is -2.32. The summed E-state index contributed by atoms with van der Waals surface area (Å²) in [6.07, 6.45) is 0. The Morgan fingerprint density at radius 1 is 0.689 bits per heavy atom. The summed E-state index contributed by atoms with van der Waals surface area (Å²) in [6.45, 7) is 18.4. The van der Waals surface area contributed by atoms with Crippen molar-refractivity contribution in [2.24, 2.45) is 0 Å². The molecule has 7 nitrogen and oxygen atoms in total. The van der Waals surface area contributed by atoms with E-state index >= 15 is 0 Å². The normalized spacial score (nSPS) is 13.8. The highest BCUT2D eigenvalue weighted by molar-refractivity contribution is 5.93. The van der Waals surface area contributed by atoms with Gasteiger partial charge in [-0.3, -0.25) is 0 Å². The molecule has 0 aliphatic heterocycles. The van der Waals surface area contributed by atoms with Crippen LogP contribution in [0.4, 0.5) is 0 Å². The Balaban J connectivity index is 1.77. The molecule has 0 spiro atoms. The predicted octanol–water partition coefficient (Wildman–Crippen LogP) is 7.44. The third-order valence-corrected chi connectivity index (χ3v) is 8.26. The summed E-state index contributed by atoms with van der Waals surface area (Å²) in [5.74, 6) is -0.0428. The minimum absolute atomic E-state index is 0.0642. The lowest BCUT2D eigenvalue weighted by molar-refractivity contribution is 0.0177. The average molecular weight is 619 g/mol. The zero-order valence-electron chi connectivity index (χ0n) is 28.5. The molecule has 45 heavy (non-hydrogen) atoms. The first-order valence-electron chi connectivity index (χ1n) is 15.8. The Bertz CT molecular complexity index is 1400. The molecule has 0 fully saturated rings. The van der Waals surface area contributed by atoms with E-state index in [0.717, 1.165) is 27.8 Å². The van der Waals surface area contributed by atoms with Gasteiger partial charge in [-0.25, -0.2) is 4.79 Å². The molecule has 0 heterocycles. The molecule has 1 aliphatic rings. The highest BCUT2D eigenvalue weighted by Crippen LogP contribution is 2.55. The van der Waals surface area contributed by atoms with Gasteiger partial charge < -0.3 is 28.4 Å². The first-order chi connectivity index (χ1) is 21.4. The summed E-state index contributed by atoms with van der Waals surface area (Å²) in [7, 11) is 3.02. The van der Waals surface area contributed by atoms with Gasteiger partial charge >= 0.3 is 5.97 Å². The van der Waals surface area contributed by atoms with E-state index < -0.39 is 11.6 Å². The zero-order valence-corrected chi connectivity index (χ0v) is 28.5. The number of carbonyl (C=O) groups is 1. The molecule has 0 N–H and O–H groups in total. The molecule has 0 saturated carbocycles. The topological polar surface area (TPSA) is 72.5 Å². The van der Waals surface area contributed by atoms with E-state index in [2.05, 4.69) is 77.9 Å². The van der Waals surface area contributed by atoms with Gasteiger partial charge in [0.25, 0.3) is 0 Å². The number of hydrogen-bond donors (Lipinski definition) is 0. The van der Waals surface area contributed by atoms with Crippen molar-refractivity contribution in [2.45, 2.75) is 64.9 Å². The summed E-state index contributed by atoms with van der Waals surface area (Å²) in [6, 6.07) is 19.1. The van der Waals surface area contributed by atoms with Crippen molar-refractivity contribution in [3.63, 3.8) is 0 Å². The number of rotatable bonds is 14. The van der Waals surface area contributed by atoms with Crippen LogP contribution < -0.4 is 4.74 Å². The maximum absolute atomic E-state index is 13.2. The van der Waals surface area contributed by atoms with E-state index in [1.165, 1.54) is 18.2 Å². The molecule has 244 valence electrons. The van der Waals surface area contributed by atoms with Gasteiger partial charge in [0.1, 0.15) is 23.5 Å². The largest absolute Gasteiger partial charge is 0.490 e. The van der Waals surface area contributed by atoms with E-state index in [0.29, 0.717) is 51.0 Å². The monoisotopic (exact) mass is 618 g/mol. The number of ether oxygens (including phenoxy) is 6. The first-order valence-corrected chi connectivity index (χ1v) is 15.8. The molecule has 0 amide bonds. The minimum atomic E-state index is -0.935. The van der Waals surface area contributed by atoms with Crippen molar-refractivity contribution in [3.8, 4) is 16.9 Å². The second-order valence-corrected chi connectivity index (χ2v) is 13.4. The standard InChI is InChI=1S/C38H50O7/c1-10-45-38(28-13-16-34(31(23-28)35(39)41-9)44-22-21-43-20-19-42-18-17-40-8)32-24-26(36(2,3)4)11-14-29(32)30-15-12-27(25-33(30)38)37(5,6)7/h11-16,23-25H,10,17-22H2,1-9H3. The van der Waals surface area contributed by atoms with Crippen molar-refractivity contribution >= 4 is 5.97 Å². The molecule has 1 aliphatic carbocycles. The second-order valence-electron chi connectivity index (χ2n) is 13.4. The zero-order chi connectivity index (χ0) is 32.8.